The summed E-state index contributed by atoms with van der Waals surface area (Å²) in [6.07, 6.45) is 0. The number of carboxylic acid groups (broad SMARTS) is 1. The van der Waals surface area contributed by atoms with E-state index in [1.807, 2.05) is 13.0 Å². The molecule has 1 rings (SSSR count). The number of carboxylic acids is 1. The Morgan fingerprint density at radius 1 is 1.57 bits per heavy atom. The third kappa shape index (κ3) is 2.97. The monoisotopic (exact) mass is 279 g/mol. The first-order valence-corrected chi connectivity index (χ1v) is 4.56. The third-order valence-electron chi connectivity index (χ3n) is 1.83. The second-order valence-corrected chi connectivity index (χ2v) is 3.73. The summed E-state index contributed by atoms with van der Waals surface area (Å²) in [6, 6.07) is 4.41. The molecule has 5 heteroatoms. The maximum Gasteiger partial charge on any atom is 0.325 e. The Kier molecular flexibility index (Phi) is 5.12. The van der Waals surface area contributed by atoms with Gasteiger partial charge in [0.05, 0.1) is 0 Å². The van der Waals surface area contributed by atoms with Gasteiger partial charge in [-0.25, -0.2) is 0 Å². The van der Waals surface area contributed by atoms with E-state index in [2.05, 4.69) is 15.9 Å². The predicted octanol–water partition coefficient (Wildman–Crippen LogP) is 2.26. The number of nitrogens with two attached hydrogens (primary N) is 1. The van der Waals surface area contributed by atoms with Crippen molar-refractivity contribution in [2.75, 3.05) is 0 Å². The Morgan fingerprint density at radius 3 is 2.57 bits per heavy atom. The summed E-state index contributed by atoms with van der Waals surface area (Å²) in [5.74, 6) is -1.01. The lowest BCUT2D eigenvalue weighted by Gasteiger charge is -2.10. The van der Waals surface area contributed by atoms with Gasteiger partial charge in [-0.05, 0) is 30.2 Å². The van der Waals surface area contributed by atoms with E-state index in [1.165, 1.54) is 0 Å². The molecule has 78 valence electrons. The van der Waals surface area contributed by atoms with Crippen LogP contribution in [0.2, 0.25) is 0 Å². The van der Waals surface area contributed by atoms with Gasteiger partial charge in [0.2, 0.25) is 0 Å². The van der Waals surface area contributed by atoms with Gasteiger partial charge in [0.1, 0.15) is 6.04 Å². The highest BCUT2D eigenvalue weighted by Gasteiger charge is 2.15. The fraction of sp³-hybridized carbons (Fsp3) is 0.222. The molecule has 3 N–H and O–H groups in total. The average Bonchev–Trinajstić information content (AvgIpc) is 2.03. The summed E-state index contributed by atoms with van der Waals surface area (Å²) in [5, 5.41) is 8.69. The van der Waals surface area contributed by atoms with Gasteiger partial charge in [0.25, 0.3) is 0 Å². The molecule has 14 heavy (non-hydrogen) atoms. The Hall–Kier alpha value is -0.580. The first-order chi connectivity index (χ1) is 6.02. The normalized spacial score (nSPS) is 11.6. The van der Waals surface area contributed by atoms with Crippen molar-refractivity contribution in [3.63, 3.8) is 0 Å². The first kappa shape index (κ1) is 13.4. The van der Waals surface area contributed by atoms with Crippen LogP contribution in [0.4, 0.5) is 0 Å². The molecule has 3 nitrogen and oxygen atoms in total. The first-order valence-electron chi connectivity index (χ1n) is 3.77. The SMILES string of the molecule is Cc1cc(Br)ccc1[C@@H](N)C(=O)O.Cl. The van der Waals surface area contributed by atoms with E-state index in [-0.39, 0.29) is 12.4 Å². The number of aryl methyl sites for hydroxylation is 1. The van der Waals surface area contributed by atoms with Crippen LogP contribution in [-0.2, 0) is 4.79 Å². The molecule has 0 spiro atoms. The van der Waals surface area contributed by atoms with Gasteiger partial charge in [0, 0.05) is 4.47 Å². The highest BCUT2D eigenvalue weighted by atomic mass is 79.9. The van der Waals surface area contributed by atoms with Crippen molar-refractivity contribution in [1.29, 1.82) is 0 Å². The van der Waals surface area contributed by atoms with E-state index in [1.54, 1.807) is 12.1 Å². The Labute approximate surface area is 96.8 Å². The Morgan fingerprint density at radius 2 is 2.14 bits per heavy atom. The van der Waals surface area contributed by atoms with Crippen molar-refractivity contribution >= 4 is 34.3 Å². The van der Waals surface area contributed by atoms with Crippen LogP contribution in [0.25, 0.3) is 0 Å². The van der Waals surface area contributed by atoms with E-state index in [0.717, 1.165) is 10.0 Å². The summed E-state index contributed by atoms with van der Waals surface area (Å²) in [7, 11) is 0. The molecule has 0 heterocycles. The summed E-state index contributed by atoms with van der Waals surface area (Å²) in [6.45, 7) is 1.84. The highest BCUT2D eigenvalue weighted by molar-refractivity contribution is 9.10. The number of rotatable bonds is 2. The largest absolute Gasteiger partial charge is 0.480 e. The number of hydrogen-bond acceptors (Lipinski definition) is 2. The van der Waals surface area contributed by atoms with Gasteiger partial charge in [-0.2, -0.15) is 0 Å². The van der Waals surface area contributed by atoms with Crippen molar-refractivity contribution < 1.29 is 9.90 Å². The van der Waals surface area contributed by atoms with Crippen LogP contribution in [0.1, 0.15) is 17.2 Å². The molecule has 1 atom stereocenters. The molecule has 1 aromatic rings. The second kappa shape index (κ2) is 5.34. The molecule has 0 saturated carbocycles. The summed E-state index contributed by atoms with van der Waals surface area (Å²) >= 11 is 3.29. The lowest BCUT2D eigenvalue weighted by molar-refractivity contribution is -0.138. The van der Waals surface area contributed by atoms with Gasteiger partial charge in [0.15, 0.2) is 0 Å². The lowest BCUT2D eigenvalue weighted by Crippen LogP contribution is -2.21. The zero-order valence-electron chi connectivity index (χ0n) is 7.53. The molecular formula is C9H11BrClNO2. The molecule has 0 amide bonds. The zero-order valence-corrected chi connectivity index (χ0v) is 9.93. The van der Waals surface area contributed by atoms with Crippen molar-refractivity contribution in [3.8, 4) is 0 Å². The molecule has 1 aromatic carbocycles. The van der Waals surface area contributed by atoms with Gasteiger partial charge < -0.3 is 10.8 Å². The fourth-order valence-electron chi connectivity index (χ4n) is 1.12. The molecule has 0 aromatic heterocycles. The molecule has 0 aliphatic carbocycles. The van der Waals surface area contributed by atoms with Gasteiger partial charge >= 0.3 is 5.97 Å². The maximum atomic E-state index is 10.6. The van der Waals surface area contributed by atoms with E-state index >= 15 is 0 Å². The smallest absolute Gasteiger partial charge is 0.325 e. The lowest BCUT2D eigenvalue weighted by atomic mass is 10.0. The van der Waals surface area contributed by atoms with E-state index in [9.17, 15) is 4.79 Å². The Bertz CT molecular complexity index is 344. The van der Waals surface area contributed by atoms with E-state index < -0.39 is 12.0 Å². The summed E-state index contributed by atoms with van der Waals surface area (Å²) in [5.41, 5.74) is 7.00. The van der Waals surface area contributed by atoms with Crippen LogP contribution in [-0.4, -0.2) is 11.1 Å². The molecule has 0 aliphatic rings. The van der Waals surface area contributed by atoms with Crippen LogP contribution in [0.15, 0.2) is 22.7 Å². The minimum Gasteiger partial charge on any atom is -0.480 e. The van der Waals surface area contributed by atoms with Crippen molar-refractivity contribution in [2.45, 2.75) is 13.0 Å². The second-order valence-electron chi connectivity index (χ2n) is 2.82. The van der Waals surface area contributed by atoms with Crippen molar-refractivity contribution in [1.82, 2.24) is 0 Å². The highest BCUT2D eigenvalue weighted by Crippen LogP contribution is 2.20. The third-order valence-corrected chi connectivity index (χ3v) is 2.33. The number of halogens is 2. The van der Waals surface area contributed by atoms with Crippen LogP contribution in [0.5, 0.6) is 0 Å². The van der Waals surface area contributed by atoms with E-state index in [0.29, 0.717) is 5.56 Å². The quantitative estimate of drug-likeness (QED) is 0.873. The maximum absolute atomic E-state index is 10.6. The van der Waals surface area contributed by atoms with Crippen LogP contribution in [0, 0.1) is 6.92 Å². The standard InChI is InChI=1S/C9H10BrNO2.ClH/c1-5-4-6(10)2-3-7(5)8(11)9(12)13;/h2-4,8H,11H2,1H3,(H,12,13);1H/t8-;/m1./s1. The fourth-order valence-corrected chi connectivity index (χ4v) is 1.60. The molecule has 0 aliphatic heterocycles. The van der Waals surface area contributed by atoms with Crippen LogP contribution < -0.4 is 5.73 Å². The zero-order chi connectivity index (χ0) is 10.0. The van der Waals surface area contributed by atoms with E-state index in [4.69, 9.17) is 10.8 Å². The number of hydrogen-bond donors (Lipinski definition) is 2. The van der Waals surface area contributed by atoms with Crippen molar-refractivity contribution in [2.24, 2.45) is 5.73 Å². The molecular weight excluding hydrogens is 269 g/mol. The molecule has 0 radical (unpaired) electrons. The topological polar surface area (TPSA) is 63.3 Å². The predicted molar refractivity (Wildman–Crippen MR) is 60.7 cm³/mol. The number of aliphatic carboxylic acids is 1. The molecule has 0 fully saturated rings. The van der Waals surface area contributed by atoms with Crippen LogP contribution in [0.3, 0.4) is 0 Å². The minimum atomic E-state index is -1.01. The number of benzene rings is 1. The summed E-state index contributed by atoms with van der Waals surface area (Å²) in [4.78, 5) is 10.6. The van der Waals surface area contributed by atoms with Gasteiger partial charge in [-0.1, -0.05) is 22.0 Å². The summed E-state index contributed by atoms with van der Waals surface area (Å²) < 4.78 is 0.923. The number of carbonyl (C=O) groups is 1. The molecule has 0 saturated heterocycles. The van der Waals surface area contributed by atoms with Gasteiger partial charge in [-0.15, -0.1) is 12.4 Å². The molecule has 0 bridgehead atoms. The van der Waals surface area contributed by atoms with Crippen LogP contribution >= 0.6 is 28.3 Å². The van der Waals surface area contributed by atoms with Crippen molar-refractivity contribution in [3.05, 3.63) is 33.8 Å². The minimum absolute atomic E-state index is 0. The molecule has 0 unspecified atom stereocenters. The Balaban J connectivity index is 0.00000169. The van der Waals surface area contributed by atoms with Gasteiger partial charge in [-0.3, -0.25) is 4.79 Å². The average molecular weight is 281 g/mol.